The first kappa shape index (κ1) is 19.9. The van der Waals surface area contributed by atoms with Crippen LogP contribution >= 0.6 is 0 Å². The number of aryl methyl sites for hydroxylation is 1. The van der Waals surface area contributed by atoms with E-state index in [0.29, 0.717) is 34.8 Å². The predicted octanol–water partition coefficient (Wildman–Crippen LogP) is 3.94. The molecule has 1 aromatic carbocycles. The first-order chi connectivity index (χ1) is 12.9. The second-order valence-corrected chi connectivity index (χ2v) is 7.95. The maximum atomic E-state index is 14.6. The maximum Gasteiger partial charge on any atom is 0.435 e. The van der Waals surface area contributed by atoms with E-state index in [1.54, 1.807) is 0 Å². The van der Waals surface area contributed by atoms with Gasteiger partial charge in [0.25, 0.3) is 0 Å². The van der Waals surface area contributed by atoms with Gasteiger partial charge in [0.15, 0.2) is 15.5 Å². The highest BCUT2D eigenvalue weighted by Crippen LogP contribution is 2.35. The molecule has 0 amide bonds. The molecule has 0 aliphatic heterocycles. The first-order valence-corrected chi connectivity index (χ1v) is 9.57. The average Bonchev–Trinajstić information content (AvgIpc) is 3.01. The van der Waals surface area contributed by atoms with Crippen LogP contribution in [0.3, 0.4) is 0 Å². The maximum absolute atomic E-state index is 14.6. The van der Waals surface area contributed by atoms with Gasteiger partial charge in [0.2, 0.25) is 0 Å². The molecule has 0 bridgehead atoms. The van der Waals surface area contributed by atoms with Gasteiger partial charge in [-0.2, -0.15) is 18.3 Å². The van der Waals surface area contributed by atoms with E-state index in [1.807, 2.05) is 0 Å². The predicted molar refractivity (Wildman–Crippen MR) is 89.6 cm³/mol. The Hall–Kier alpha value is -2.82. The zero-order valence-electron chi connectivity index (χ0n) is 14.4. The zero-order valence-corrected chi connectivity index (χ0v) is 15.2. The van der Waals surface area contributed by atoms with Crippen LogP contribution in [0.5, 0.6) is 0 Å². The Morgan fingerprint density at radius 2 is 1.75 bits per heavy atom. The minimum absolute atomic E-state index is 0.177. The summed E-state index contributed by atoms with van der Waals surface area (Å²) < 4.78 is 92.0. The molecule has 28 heavy (non-hydrogen) atoms. The van der Waals surface area contributed by atoms with E-state index >= 15 is 0 Å². The number of halogens is 5. The normalized spacial score (nSPS) is 12.4. The van der Waals surface area contributed by atoms with Gasteiger partial charge in [-0.15, -0.1) is 0 Å². The van der Waals surface area contributed by atoms with Crippen molar-refractivity contribution in [3.05, 3.63) is 59.6 Å². The van der Waals surface area contributed by atoms with E-state index in [9.17, 15) is 30.4 Å². The highest BCUT2D eigenvalue weighted by molar-refractivity contribution is 7.90. The van der Waals surface area contributed by atoms with Gasteiger partial charge in [-0.05, 0) is 31.2 Å². The summed E-state index contributed by atoms with van der Waals surface area (Å²) >= 11 is 0. The molecular formula is C17H12F5N3O2S. The van der Waals surface area contributed by atoms with Crippen LogP contribution in [-0.4, -0.2) is 29.4 Å². The van der Waals surface area contributed by atoms with Gasteiger partial charge in [-0.1, -0.05) is 0 Å². The summed E-state index contributed by atoms with van der Waals surface area (Å²) in [6.45, 7) is 1.53. The summed E-state index contributed by atoms with van der Waals surface area (Å²) in [7, 11) is -4.08. The molecule has 11 heteroatoms. The number of sulfone groups is 1. The second kappa shape index (κ2) is 6.66. The molecule has 0 unspecified atom stereocenters. The van der Waals surface area contributed by atoms with Crippen molar-refractivity contribution in [1.82, 2.24) is 14.8 Å². The van der Waals surface area contributed by atoms with Crippen molar-refractivity contribution in [3.8, 4) is 16.9 Å². The fraction of sp³-hybridized carbons (Fsp3) is 0.176. The summed E-state index contributed by atoms with van der Waals surface area (Å²) in [6.07, 6.45) is -2.73. The van der Waals surface area contributed by atoms with E-state index < -0.39 is 43.9 Å². The minimum atomic E-state index is -4.84. The lowest BCUT2D eigenvalue weighted by Gasteiger charge is -2.11. The Balaban J connectivity index is 2.32. The SMILES string of the molecule is Cc1ncccc1-c1cc(C(F)(F)F)nn1-c1cc(F)c(S(C)(=O)=O)cc1F. The number of hydrogen-bond donors (Lipinski definition) is 0. The Morgan fingerprint density at radius 3 is 2.32 bits per heavy atom. The lowest BCUT2D eigenvalue weighted by Crippen LogP contribution is -2.10. The van der Waals surface area contributed by atoms with E-state index in [0.717, 1.165) is 0 Å². The Morgan fingerprint density at radius 1 is 1.07 bits per heavy atom. The van der Waals surface area contributed by atoms with Crippen LogP contribution in [0.2, 0.25) is 0 Å². The number of benzene rings is 1. The van der Waals surface area contributed by atoms with Gasteiger partial charge in [0.1, 0.15) is 22.2 Å². The van der Waals surface area contributed by atoms with Crippen LogP contribution in [0.25, 0.3) is 16.9 Å². The first-order valence-electron chi connectivity index (χ1n) is 7.68. The largest absolute Gasteiger partial charge is 0.435 e. The van der Waals surface area contributed by atoms with Crippen molar-refractivity contribution >= 4 is 9.84 Å². The molecule has 5 nitrogen and oxygen atoms in total. The highest BCUT2D eigenvalue weighted by atomic mass is 32.2. The van der Waals surface area contributed by atoms with Crippen molar-refractivity contribution in [2.24, 2.45) is 0 Å². The topological polar surface area (TPSA) is 64.8 Å². The van der Waals surface area contributed by atoms with E-state index in [4.69, 9.17) is 0 Å². The van der Waals surface area contributed by atoms with Crippen molar-refractivity contribution < 1.29 is 30.4 Å². The van der Waals surface area contributed by atoms with Crippen LogP contribution in [0.1, 0.15) is 11.4 Å². The molecule has 0 aliphatic rings. The highest BCUT2D eigenvalue weighted by Gasteiger charge is 2.36. The second-order valence-electron chi connectivity index (χ2n) is 5.97. The lowest BCUT2D eigenvalue weighted by molar-refractivity contribution is -0.141. The van der Waals surface area contributed by atoms with Gasteiger partial charge in [-0.25, -0.2) is 21.9 Å². The monoisotopic (exact) mass is 417 g/mol. The third-order valence-electron chi connectivity index (χ3n) is 3.91. The van der Waals surface area contributed by atoms with E-state index in [2.05, 4.69) is 10.1 Å². The van der Waals surface area contributed by atoms with Gasteiger partial charge >= 0.3 is 6.18 Å². The van der Waals surface area contributed by atoms with Crippen LogP contribution in [0.15, 0.2) is 41.4 Å². The number of rotatable bonds is 3. The van der Waals surface area contributed by atoms with Crippen molar-refractivity contribution in [2.45, 2.75) is 18.0 Å². The van der Waals surface area contributed by atoms with Crippen molar-refractivity contribution in [2.75, 3.05) is 6.26 Å². The number of pyridine rings is 1. The summed E-state index contributed by atoms with van der Waals surface area (Å²) in [6, 6.07) is 4.51. The number of alkyl halides is 3. The molecule has 0 saturated carbocycles. The molecule has 2 aromatic heterocycles. The minimum Gasteiger partial charge on any atom is -0.261 e. The number of aromatic nitrogens is 3. The average molecular weight is 417 g/mol. The van der Waals surface area contributed by atoms with Gasteiger partial charge in [0, 0.05) is 29.8 Å². The Bertz CT molecular complexity index is 1170. The van der Waals surface area contributed by atoms with Crippen molar-refractivity contribution in [1.29, 1.82) is 0 Å². The lowest BCUT2D eigenvalue weighted by atomic mass is 10.1. The molecule has 0 atom stereocenters. The summed E-state index contributed by atoms with van der Waals surface area (Å²) in [4.78, 5) is 3.07. The van der Waals surface area contributed by atoms with Crippen molar-refractivity contribution in [3.63, 3.8) is 0 Å². The van der Waals surface area contributed by atoms with Crippen LogP contribution in [-0.2, 0) is 16.0 Å². The van der Waals surface area contributed by atoms with Crippen LogP contribution in [0.4, 0.5) is 22.0 Å². The van der Waals surface area contributed by atoms with Gasteiger partial charge in [-0.3, -0.25) is 4.98 Å². The molecule has 148 valence electrons. The standard InChI is InChI=1S/C17H12F5N3O2S/c1-9-10(4-3-5-23-9)13-8-16(17(20,21)22)24-25(13)14-6-12(19)15(7-11(14)18)28(2,26)27/h3-8H,1-2H3. The summed E-state index contributed by atoms with van der Waals surface area (Å²) in [5, 5.41) is 3.37. The van der Waals surface area contributed by atoms with Crippen LogP contribution in [0, 0.1) is 18.6 Å². The molecule has 0 radical (unpaired) electrons. The fourth-order valence-corrected chi connectivity index (χ4v) is 3.35. The molecule has 0 N–H and O–H groups in total. The molecule has 0 aliphatic carbocycles. The Labute approximate surface area is 156 Å². The van der Waals surface area contributed by atoms with E-state index in [-0.39, 0.29) is 11.3 Å². The quantitative estimate of drug-likeness (QED) is 0.606. The molecule has 0 spiro atoms. The third-order valence-corrected chi connectivity index (χ3v) is 5.02. The molecular weight excluding hydrogens is 405 g/mol. The summed E-state index contributed by atoms with van der Waals surface area (Å²) in [5.41, 5.74) is -1.61. The molecule has 2 heterocycles. The zero-order chi connectivity index (χ0) is 20.9. The third kappa shape index (κ3) is 3.61. The summed E-state index contributed by atoms with van der Waals surface area (Å²) in [5.74, 6) is -2.56. The van der Waals surface area contributed by atoms with Gasteiger partial charge < -0.3 is 0 Å². The van der Waals surface area contributed by atoms with Crippen LogP contribution < -0.4 is 0 Å². The van der Waals surface area contributed by atoms with Gasteiger partial charge in [0.05, 0.1) is 5.69 Å². The molecule has 0 fully saturated rings. The molecule has 3 rings (SSSR count). The smallest absolute Gasteiger partial charge is 0.261 e. The Kier molecular flexibility index (Phi) is 4.74. The number of hydrogen-bond acceptors (Lipinski definition) is 4. The van der Waals surface area contributed by atoms with E-state index in [1.165, 1.54) is 25.3 Å². The molecule has 3 aromatic rings. The fourth-order valence-electron chi connectivity index (χ4n) is 2.61. The number of nitrogens with zero attached hydrogens (tertiary/aromatic N) is 3. The molecule has 0 saturated heterocycles.